The topological polar surface area (TPSA) is 91.9 Å². The van der Waals surface area contributed by atoms with Crippen molar-refractivity contribution in [2.24, 2.45) is 23.7 Å². The van der Waals surface area contributed by atoms with E-state index in [9.17, 15) is 18.7 Å². The number of amides is 1. The van der Waals surface area contributed by atoms with E-state index in [4.69, 9.17) is 9.57 Å². The number of ether oxygens (including phenoxy) is 1. The second-order valence-corrected chi connectivity index (χ2v) is 8.77. The normalized spacial score (nSPS) is 43.9. The molecule has 0 bridgehead atoms. The summed E-state index contributed by atoms with van der Waals surface area (Å²) < 4.78 is 31.5. The second-order valence-electron chi connectivity index (χ2n) is 8.77. The first-order chi connectivity index (χ1) is 13.5. The van der Waals surface area contributed by atoms with Gasteiger partial charge in [0.05, 0.1) is 24.9 Å². The monoisotopic (exact) mass is 403 g/mol. The Morgan fingerprint density at radius 2 is 2.07 bits per heavy atom. The van der Waals surface area contributed by atoms with Gasteiger partial charge < -0.3 is 15.2 Å². The van der Waals surface area contributed by atoms with Gasteiger partial charge in [-0.25, -0.2) is 8.78 Å². The number of carbonyl (C=O) groups excluding carboxylic acids is 1. The molecule has 2 saturated carbocycles. The maximum Gasteiger partial charge on any atom is 0.279 e. The lowest BCUT2D eigenvalue weighted by molar-refractivity contribution is -0.127. The van der Waals surface area contributed by atoms with E-state index in [1.165, 1.54) is 0 Å². The fourth-order valence-corrected chi connectivity index (χ4v) is 5.38. The molecule has 0 aromatic heterocycles. The molecular weight excluding hydrogens is 372 g/mol. The van der Waals surface area contributed by atoms with Crippen molar-refractivity contribution in [3.63, 3.8) is 0 Å². The van der Waals surface area contributed by atoms with Crippen LogP contribution in [-0.2, 0) is 14.4 Å². The number of carbonyl (C=O) groups is 1. The average molecular weight is 403 g/mol. The van der Waals surface area contributed by atoms with E-state index < -0.39 is 12.7 Å². The largest absolute Gasteiger partial charge is 0.396 e. The number of aliphatic hydroxyl groups is 1. The number of fused-ring (bicyclic) bond motifs is 1. The van der Waals surface area contributed by atoms with Crippen molar-refractivity contribution in [1.29, 1.82) is 0 Å². The van der Waals surface area contributed by atoms with Crippen molar-refractivity contribution in [2.45, 2.75) is 75.9 Å². The summed E-state index contributed by atoms with van der Waals surface area (Å²) in [6.45, 7) is 0.660. The number of aliphatic hydroxyl groups excluding tert-OH is 1. The molecule has 2 saturated heterocycles. The van der Waals surface area contributed by atoms with Gasteiger partial charge in [-0.15, -0.1) is 0 Å². The van der Waals surface area contributed by atoms with E-state index in [1.807, 2.05) is 0 Å². The van der Waals surface area contributed by atoms with Gasteiger partial charge in [0, 0.05) is 18.4 Å². The minimum absolute atomic E-state index is 0.0162. The molecule has 8 atom stereocenters. The van der Waals surface area contributed by atoms with Gasteiger partial charge in [-0.2, -0.15) is 5.48 Å². The second kappa shape index (κ2) is 8.87. The van der Waals surface area contributed by atoms with Crippen LogP contribution in [0.25, 0.3) is 0 Å². The van der Waals surface area contributed by atoms with Gasteiger partial charge in [0.2, 0.25) is 5.91 Å². The lowest BCUT2D eigenvalue weighted by Gasteiger charge is -2.35. The minimum Gasteiger partial charge on any atom is -0.396 e. The predicted molar refractivity (Wildman–Crippen MR) is 96.0 cm³/mol. The lowest BCUT2D eigenvalue weighted by atomic mass is 9.76. The maximum absolute atomic E-state index is 12.8. The zero-order chi connectivity index (χ0) is 19.7. The molecule has 0 spiro atoms. The highest BCUT2D eigenvalue weighted by molar-refractivity contribution is 5.79. The number of hydroxylamine groups is 1. The first-order valence-corrected chi connectivity index (χ1v) is 10.5. The number of alkyl halides is 2. The van der Waals surface area contributed by atoms with Gasteiger partial charge >= 0.3 is 0 Å². The molecule has 7 nitrogen and oxygen atoms in total. The van der Waals surface area contributed by atoms with E-state index >= 15 is 0 Å². The van der Waals surface area contributed by atoms with Gasteiger partial charge in [-0.05, 0) is 50.4 Å². The number of hydrogen-bond donors (Lipinski definition) is 4. The Bertz CT molecular complexity index is 555. The van der Waals surface area contributed by atoms with Crippen LogP contribution in [0.15, 0.2) is 0 Å². The Balaban J connectivity index is 1.27. The summed E-state index contributed by atoms with van der Waals surface area (Å²) in [7, 11) is 0. The molecule has 4 fully saturated rings. The quantitative estimate of drug-likeness (QED) is 0.550. The summed E-state index contributed by atoms with van der Waals surface area (Å²) in [5.41, 5.74) is 2.70. The third kappa shape index (κ3) is 4.33. The molecule has 4 N–H and O–H groups in total. The van der Waals surface area contributed by atoms with Crippen LogP contribution in [0, 0.1) is 23.7 Å². The van der Waals surface area contributed by atoms with E-state index in [2.05, 4.69) is 16.1 Å². The Labute approximate surface area is 163 Å². The van der Waals surface area contributed by atoms with Gasteiger partial charge in [-0.1, -0.05) is 6.42 Å². The predicted octanol–water partition coefficient (Wildman–Crippen LogP) is 1.13. The highest BCUT2D eigenvalue weighted by atomic mass is 19.3. The zero-order valence-corrected chi connectivity index (χ0v) is 16.0. The highest BCUT2D eigenvalue weighted by Crippen LogP contribution is 2.39. The molecule has 1 amide bonds. The zero-order valence-electron chi connectivity index (χ0n) is 16.0. The van der Waals surface area contributed by atoms with E-state index in [-0.39, 0.29) is 54.5 Å². The van der Waals surface area contributed by atoms with Gasteiger partial charge in [0.25, 0.3) is 6.43 Å². The van der Waals surface area contributed by atoms with Crippen LogP contribution in [0.4, 0.5) is 8.78 Å². The number of halogens is 2. The van der Waals surface area contributed by atoms with Gasteiger partial charge in [0.15, 0.2) is 6.23 Å². The van der Waals surface area contributed by atoms with E-state index in [1.54, 1.807) is 0 Å². The van der Waals surface area contributed by atoms with Crippen molar-refractivity contribution >= 4 is 5.91 Å². The van der Waals surface area contributed by atoms with Gasteiger partial charge in [-0.3, -0.25) is 14.9 Å². The van der Waals surface area contributed by atoms with E-state index in [0.29, 0.717) is 6.61 Å². The van der Waals surface area contributed by atoms with Crippen molar-refractivity contribution in [1.82, 2.24) is 16.1 Å². The van der Waals surface area contributed by atoms with Crippen molar-refractivity contribution in [3.05, 3.63) is 0 Å². The molecule has 7 unspecified atom stereocenters. The first-order valence-electron chi connectivity index (χ1n) is 10.5. The molecule has 4 aliphatic rings. The van der Waals surface area contributed by atoms with Crippen LogP contribution >= 0.6 is 0 Å². The molecule has 4 rings (SSSR count). The molecule has 0 radical (unpaired) electrons. The lowest BCUT2D eigenvalue weighted by Crippen LogP contribution is -2.49. The first kappa shape index (κ1) is 20.4. The summed E-state index contributed by atoms with van der Waals surface area (Å²) >= 11 is 0. The van der Waals surface area contributed by atoms with Crippen molar-refractivity contribution < 1.29 is 28.3 Å². The fraction of sp³-hybridized carbons (Fsp3) is 0.947. The van der Waals surface area contributed by atoms with Gasteiger partial charge in [0.1, 0.15) is 0 Å². The third-order valence-electron chi connectivity index (χ3n) is 7.00. The van der Waals surface area contributed by atoms with Crippen LogP contribution in [-0.4, -0.2) is 55.2 Å². The molecule has 0 aromatic carbocycles. The molecule has 9 heteroatoms. The summed E-state index contributed by atoms with van der Waals surface area (Å²) in [6.07, 6.45) is 2.06. The fourth-order valence-electron chi connectivity index (χ4n) is 5.38. The number of rotatable bonds is 5. The standard InChI is InChI=1S/C19H31F2N3O4/c20-16(21)19-23-17(24-28-19)11-4-5-13-14(9-27-15(13)7-11)22-18(26)12-3-1-2-10(6-12)8-25/h10-17,19,23-25H,1-9H2,(H,22,26)/t10?,11?,12?,13?,14-,15?,17?,19?/m1/s1. The van der Waals surface area contributed by atoms with Crippen LogP contribution in [0.2, 0.25) is 0 Å². The maximum atomic E-state index is 12.8. The summed E-state index contributed by atoms with van der Waals surface area (Å²) in [6, 6.07) is 0.0162. The van der Waals surface area contributed by atoms with E-state index in [0.717, 1.165) is 44.9 Å². The Kier molecular flexibility index (Phi) is 6.46. The van der Waals surface area contributed by atoms with Crippen LogP contribution in [0.3, 0.4) is 0 Å². The number of nitrogens with one attached hydrogen (secondary N) is 3. The average Bonchev–Trinajstić information content (AvgIpc) is 3.35. The van der Waals surface area contributed by atoms with Crippen LogP contribution in [0.5, 0.6) is 0 Å². The summed E-state index contributed by atoms with van der Waals surface area (Å²) in [4.78, 5) is 17.6. The van der Waals surface area contributed by atoms with Crippen LogP contribution < -0.4 is 16.1 Å². The number of hydrogen-bond acceptors (Lipinski definition) is 6. The molecule has 2 heterocycles. The molecule has 2 aliphatic carbocycles. The Morgan fingerprint density at radius 1 is 1.21 bits per heavy atom. The summed E-state index contributed by atoms with van der Waals surface area (Å²) in [5, 5.41) is 15.4. The Hall–Kier alpha value is -0.870. The van der Waals surface area contributed by atoms with Crippen LogP contribution in [0.1, 0.15) is 44.9 Å². The van der Waals surface area contributed by atoms with Crippen molar-refractivity contribution in [3.8, 4) is 0 Å². The molecule has 28 heavy (non-hydrogen) atoms. The Morgan fingerprint density at radius 3 is 2.82 bits per heavy atom. The minimum atomic E-state index is -2.57. The highest BCUT2D eigenvalue weighted by Gasteiger charge is 2.46. The summed E-state index contributed by atoms with van der Waals surface area (Å²) in [5.74, 6) is 0.727. The SMILES string of the molecule is O=C(N[C@@H]1COC2CC(C3NOC(C(F)F)N3)CCC21)C1CCCC(CO)C1. The molecule has 2 aliphatic heterocycles. The molecular formula is C19H31F2N3O4. The van der Waals surface area contributed by atoms with Crippen molar-refractivity contribution in [2.75, 3.05) is 13.2 Å². The molecule has 160 valence electrons. The smallest absolute Gasteiger partial charge is 0.279 e. The third-order valence-corrected chi connectivity index (χ3v) is 7.00. The molecule has 0 aromatic rings.